The van der Waals surface area contributed by atoms with Gasteiger partial charge in [0.05, 0.1) is 21.3 Å². The number of benzene rings is 2. The van der Waals surface area contributed by atoms with Crippen LogP contribution < -0.4 is 46.6 Å². The van der Waals surface area contributed by atoms with Gasteiger partial charge in [-0.2, -0.15) is 9.97 Å². The summed E-state index contributed by atoms with van der Waals surface area (Å²) in [7, 11) is 4.64. The molecule has 8 N–H and O–H groups in total. The van der Waals surface area contributed by atoms with Crippen LogP contribution in [0.25, 0.3) is 0 Å². The first kappa shape index (κ1) is 27.8. The van der Waals surface area contributed by atoms with Gasteiger partial charge in [-0.3, -0.25) is 0 Å². The van der Waals surface area contributed by atoms with Gasteiger partial charge in [0.1, 0.15) is 11.6 Å². The molecular weight excluding hydrogens is 516 g/mol. The molecule has 0 saturated carbocycles. The van der Waals surface area contributed by atoms with Gasteiger partial charge in [0.25, 0.3) is 0 Å². The normalized spacial score (nSPS) is 10.7. The van der Waals surface area contributed by atoms with Crippen LogP contribution in [0.2, 0.25) is 0 Å². The number of nitrogens with zero attached hydrogens (tertiary/aromatic N) is 4. The minimum absolute atomic E-state index is 0.114. The van der Waals surface area contributed by atoms with Gasteiger partial charge < -0.3 is 46.6 Å². The molecule has 0 aliphatic rings. The van der Waals surface area contributed by atoms with Crippen molar-refractivity contribution in [2.45, 2.75) is 19.8 Å². The van der Waals surface area contributed by atoms with Crippen LogP contribution in [-0.2, 0) is 12.8 Å². The lowest BCUT2D eigenvalue weighted by molar-refractivity contribution is 0.108. The Kier molecular flexibility index (Phi) is 8.42. The molecule has 0 aliphatic carbocycles. The summed E-state index contributed by atoms with van der Waals surface area (Å²) in [5.74, 6) is 3.22. The monoisotopic (exact) mass is 548 g/mol. The molecule has 2 heterocycles. The molecule has 0 aliphatic heterocycles. The van der Waals surface area contributed by atoms with Crippen LogP contribution in [0.5, 0.6) is 28.7 Å². The van der Waals surface area contributed by atoms with Crippen molar-refractivity contribution in [1.29, 1.82) is 0 Å². The van der Waals surface area contributed by atoms with Crippen molar-refractivity contribution in [2.24, 2.45) is 0 Å². The molecular formula is C27H32N8O5. The van der Waals surface area contributed by atoms with Crippen LogP contribution >= 0.6 is 0 Å². The average molecular weight is 549 g/mol. The molecule has 0 fully saturated rings. The molecule has 4 rings (SSSR count). The van der Waals surface area contributed by atoms with Gasteiger partial charge in [0, 0.05) is 36.4 Å². The third kappa shape index (κ3) is 6.26. The van der Waals surface area contributed by atoms with Gasteiger partial charge in [0.2, 0.25) is 24.4 Å². The van der Waals surface area contributed by atoms with Crippen molar-refractivity contribution in [3.05, 3.63) is 64.5 Å². The molecule has 0 spiro atoms. The van der Waals surface area contributed by atoms with Crippen molar-refractivity contribution in [3.8, 4) is 28.7 Å². The summed E-state index contributed by atoms with van der Waals surface area (Å²) in [5.41, 5.74) is 27.3. The molecule has 13 heteroatoms. The Bertz CT molecular complexity index is 1490. The van der Waals surface area contributed by atoms with E-state index in [0.29, 0.717) is 58.8 Å². The molecule has 4 aromatic rings. The second-order valence-corrected chi connectivity index (χ2v) is 8.81. The van der Waals surface area contributed by atoms with Crippen molar-refractivity contribution in [3.63, 3.8) is 0 Å². The highest BCUT2D eigenvalue weighted by molar-refractivity contribution is 5.56. The maximum Gasteiger partial charge on any atom is 0.231 e. The van der Waals surface area contributed by atoms with Gasteiger partial charge in [-0.05, 0) is 41.8 Å². The van der Waals surface area contributed by atoms with E-state index in [1.165, 1.54) is 14.2 Å². The summed E-state index contributed by atoms with van der Waals surface area (Å²) in [4.78, 5) is 16.1. The Labute approximate surface area is 231 Å². The van der Waals surface area contributed by atoms with Crippen molar-refractivity contribution >= 4 is 23.5 Å². The standard InChI is InChI=1S/C27H32N8O5/c1-14-5-15(6-17-11-32-26(30)34-24(17)28)8-19(36-2)22(14)39-13-40-23-20(37-3)9-16(10-21(23)38-4)7-18-12-33-27(31)35-25(18)29/h5,8-12H,6-7,13H2,1-4H3,(H4,28,30,32,34)(H4,29,31,33,35). The average Bonchev–Trinajstić information content (AvgIpc) is 2.92. The number of rotatable bonds is 11. The van der Waals surface area contributed by atoms with E-state index in [1.54, 1.807) is 19.5 Å². The second-order valence-electron chi connectivity index (χ2n) is 8.81. The molecule has 0 saturated heterocycles. The van der Waals surface area contributed by atoms with Crippen molar-refractivity contribution < 1.29 is 23.7 Å². The highest BCUT2D eigenvalue weighted by atomic mass is 16.7. The van der Waals surface area contributed by atoms with Gasteiger partial charge in [0.15, 0.2) is 23.0 Å². The van der Waals surface area contributed by atoms with Crippen LogP contribution in [0.3, 0.4) is 0 Å². The fraction of sp³-hybridized carbons (Fsp3) is 0.259. The quantitative estimate of drug-likeness (QED) is 0.199. The first-order chi connectivity index (χ1) is 19.2. The molecule has 0 unspecified atom stereocenters. The van der Waals surface area contributed by atoms with E-state index >= 15 is 0 Å². The zero-order chi connectivity index (χ0) is 28.8. The summed E-state index contributed by atoms with van der Waals surface area (Å²) < 4.78 is 28.7. The van der Waals surface area contributed by atoms with Crippen LogP contribution in [0.4, 0.5) is 23.5 Å². The van der Waals surface area contributed by atoms with Gasteiger partial charge >= 0.3 is 0 Å². The third-order valence-corrected chi connectivity index (χ3v) is 6.07. The number of aryl methyl sites for hydroxylation is 1. The molecule has 0 radical (unpaired) electrons. The molecule has 0 bridgehead atoms. The SMILES string of the molecule is COc1cc(Cc2cnc(N)nc2N)cc(C)c1OCOc1c(OC)cc(Cc2cnc(N)nc2N)cc1OC. The Morgan fingerprint density at radius 3 is 1.50 bits per heavy atom. The van der Waals surface area contributed by atoms with Crippen molar-refractivity contribution in [2.75, 3.05) is 51.1 Å². The zero-order valence-electron chi connectivity index (χ0n) is 22.7. The zero-order valence-corrected chi connectivity index (χ0v) is 22.7. The van der Waals surface area contributed by atoms with Gasteiger partial charge in [-0.25, -0.2) is 9.97 Å². The topological polar surface area (TPSA) is 202 Å². The van der Waals surface area contributed by atoms with Crippen molar-refractivity contribution in [1.82, 2.24) is 19.9 Å². The summed E-state index contributed by atoms with van der Waals surface area (Å²) in [5, 5.41) is 0. The fourth-order valence-electron chi connectivity index (χ4n) is 4.16. The number of nitrogen functional groups attached to an aromatic ring is 4. The minimum Gasteiger partial charge on any atom is -0.493 e. The lowest BCUT2D eigenvalue weighted by Gasteiger charge is -2.18. The minimum atomic E-state index is -0.139. The third-order valence-electron chi connectivity index (χ3n) is 6.07. The van der Waals surface area contributed by atoms with E-state index in [-0.39, 0.29) is 18.7 Å². The number of methoxy groups -OCH3 is 3. The lowest BCUT2D eigenvalue weighted by Crippen LogP contribution is -2.10. The number of aromatic nitrogens is 4. The van der Waals surface area contributed by atoms with Crippen LogP contribution in [0.15, 0.2) is 36.7 Å². The van der Waals surface area contributed by atoms with E-state index < -0.39 is 0 Å². The van der Waals surface area contributed by atoms with Gasteiger partial charge in [-0.15, -0.1) is 0 Å². The predicted molar refractivity (Wildman–Crippen MR) is 151 cm³/mol. The first-order valence-corrected chi connectivity index (χ1v) is 12.1. The highest BCUT2D eigenvalue weighted by Gasteiger charge is 2.18. The van der Waals surface area contributed by atoms with Gasteiger partial charge in [-0.1, -0.05) is 6.07 Å². The summed E-state index contributed by atoms with van der Waals surface area (Å²) in [6, 6.07) is 7.47. The number of nitrogens with two attached hydrogens (primary N) is 4. The van der Waals surface area contributed by atoms with E-state index in [9.17, 15) is 0 Å². The smallest absolute Gasteiger partial charge is 0.231 e. The number of anilines is 4. The molecule has 0 amide bonds. The van der Waals surface area contributed by atoms with E-state index in [2.05, 4.69) is 19.9 Å². The molecule has 210 valence electrons. The second kappa shape index (κ2) is 12.1. The molecule has 13 nitrogen and oxygen atoms in total. The maximum atomic E-state index is 6.00. The Hall–Kier alpha value is -5.20. The molecule has 40 heavy (non-hydrogen) atoms. The lowest BCUT2D eigenvalue weighted by atomic mass is 10.0. The molecule has 0 atom stereocenters. The van der Waals surface area contributed by atoms with Crippen LogP contribution in [0, 0.1) is 6.92 Å². The first-order valence-electron chi connectivity index (χ1n) is 12.1. The maximum absolute atomic E-state index is 6.00. The number of hydrogen-bond acceptors (Lipinski definition) is 13. The number of ether oxygens (including phenoxy) is 5. The van der Waals surface area contributed by atoms with E-state index in [1.807, 2.05) is 31.2 Å². The molecule has 2 aromatic carbocycles. The van der Waals surface area contributed by atoms with Crippen LogP contribution in [0.1, 0.15) is 27.8 Å². The highest BCUT2D eigenvalue weighted by Crippen LogP contribution is 2.40. The number of hydrogen-bond donors (Lipinski definition) is 4. The van der Waals surface area contributed by atoms with E-state index in [4.69, 9.17) is 46.6 Å². The summed E-state index contributed by atoms with van der Waals surface area (Å²) in [6.45, 7) is 1.77. The van der Waals surface area contributed by atoms with Crippen LogP contribution in [-0.4, -0.2) is 48.1 Å². The fourth-order valence-corrected chi connectivity index (χ4v) is 4.16. The van der Waals surface area contributed by atoms with E-state index in [0.717, 1.165) is 22.3 Å². The summed E-state index contributed by atoms with van der Waals surface area (Å²) >= 11 is 0. The Morgan fingerprint density at radius 1 is 0.625 bits per heavy atom. The molecule has 2 aromatic heterocycles. The summed E-state index contributed by atoms with van der Waals surface area (Å²) in [6.07, 6.45) is 4.14. The predicted octanol–water partition coefficient (Wildman–Crippen LogP) is 2.53. The largest absolute Gasteiger partial charge is 0.493 e. The Morgan fingerprint density at radius 2 is 1.05 bits per heavy atom. The Balaban J connectivity index is 1.50.